The molecule has 1 unspecified atom stereocenters. The van der Waals surface area contributed by atoms with Gasteiger partial charge in [-0.1, -0.05) is 6.92 Å². The number of nitrogens with one attached hydrogen (secondary N) is 2. The van der Waals surface area contributed by atoms with Crippen molar-refractivity contribution in [3.8, 4) is 0 Å². The number of H-pyrrole nitrogens is 1. The van der Waals surface area contributed by atoms with Gasteiger partial charge < -0.3 is 20.1 Å². The topological polar surface area (TPSA) is 125 Å². The van der Waals surface area contributed by atoms with E-state index in [1.807, 2.05) is 4.90 Å². The Morgan fingerprint density at radius 1 is 1.40 bits per heavy atom. The Labute approximate surface area is 145 Å². The second-order valence-corrected chi connectivity index (χ2v) is 5.92. The zero-order valence-electron chi connectivity index (χ0n) is 14.5. The van der Waals surface area contributed by atoms with Crippen LogP contribution in [0.25, 0.3) is 0 Å². The number of nitrogens with zero attached hydrogens (tertiary/aromatic N) is 2. The van der Waals surface area contributed by atoms with Crippen LogP contribution in [0.2, 0.25) is 0 Å². The third kappa shape index (κ3) is 5.02. The molecule has 0 aliphatic carbocycles. The first-order valence-electron chi connectivity index (χ1n) is 8.37. The average Bonchev–Trinajstić information content (AvgIpc) is 2.59. The van der Waals surface area contributed by atoms with Gasteiger partial charge in [0.1, 0.15) is 6.04 Å². The molecule has 3 N–H and O–H groups in total. The number of aryl methyl sites for hydroxylation is 1. The molecule has 0 aromatic carbocycles. The van der Waals surface area contributed by atoms with E-state index in [2.05, 4.69) is 15.3 Å². The van der Waals surface area contributed by atoms with Gasteiger partial charge in [-0.2, -0.15) is 0 Å². The van der Waals surface area contributed by atoms with Crippen molar-refractivity contribution in [1.29, 1.82) is 0 Å². The van der Waals surface area contributed by atoms with Crippen LogP contribution in [0, 0.1) is 6.92 Å². The molecule has 1 aromatic rings. The number of aliphatic carboxylic acids is 1. The van der Waals surface area contributed by atoms with Crippen molar-refractivity contribution in [3.05, 3.63) is 21.6 Å². The maximum atomic E-state index is 12.3. The fourth-order valence-corrected chi connectivity index (χ4v) is 2.66. The van der Waals surface area contributed by atoms with Gasteiger partial charge >= 0.3 is 5.97 Å². The Bertz CT molecular complexity index is 682. The third-order valence-electron chi connectivity index (χ3n) is 4.16. The number of hydrogen-bond donors (Lipinski definition) is 3. The maximum Gasteiger partial charge on any atom is 0.326 e. The fraction of sp³-hybridized carbons (Fsp3) is 0.625. The van der Waals surface area contributed by atoms with Crippen LogP contribution >= 0.6 is 0 Å². The van der Waals surface area contributed by atoms with Gasteiger partial charge in [-0.25, -0.2) is 9.78 Å². The van der Waals surface area contributed by atoms with Gasteiger partial charge in [0.25, 0.3) is 5.56 Å². The van der Waals surface area contributed by atoms with E-state index in [1.165, 1.54) is 0 Å². The van der Waals surface area contributed by atoms with Crippen LogP contribution in [-0.4, -0.2) is 59.3 Å². The summed E-state index contributed by atoms with van der Waals surface area (Å²) in [5, 5.41) is 11.4. The largest absolute Gasteiger partial charge is 0.480 e. The van der Waals surface area contributed by atoms with Crippen molar-refractivity contribution in [2.24, 2.45) is 0 Å². The molecule has 0 spiro atoms. The molecule has 9 nitrogen and oxygen atoms in total. The Balaban J connectivity index is 2.01. The number of ether oxygens (including phenoxy) is 1. The van der Waals surface area contributed by atoms with Gasteiger partial charge in [0, 0.05) is 30.8 Å². The second-order valence-electron chi connectivity index (χ2n) is 5.92. The number of carbonyl (C=O) groups excluding carboxylic acids is 1. The molecule has 0 bridgehead atoms. The molecular weight excluding hydrogens is 328 g/mol. The van der Waals surface area contributed by atoms with Crippen LogP contribution in [0.1, 0.15) is 31.0 Å². The highest BCUT2D eigenvalue weighted by atomic mass is 16.5. The monoisotopic (exact) mass is 352 g/mol. The standard InChI is InChI=1S/C16H24N4O5/c1-3-12(15(23)24)18-13(21)5-4-11-10(2)17-16(19-14(11)22)20-6-8-25-9-7-20/h12H,3-9H2,1-2H3,(H,18,21)(H,23,24)(H,17,19,22). The highest BCUT2D eigenvalue weighted by molar-refractivity contribution is 5.83. The molecule has 138 valence electrons. The van der Waals surface area contributed by atoms with Crippen LogP contribution in [0.4, 0.5) is 5.95 Å². The summed E-state index contributed by atoms with van der Waals surface area (Å²) in [5.41, 5.74) is 0.742. The van der Waals surface area contributed by atoms with E-state index in [-0.39, 0.29) is 18.4 Å². The lowest BCUT2D eigenvalue weighted by Crippen LogP contribution is -2.40. The third-order valence-corrected chi connectivity index (χ3v) is 4.16. The highest BCUT2D eigenvalue weighted by Crippen LogP contribution is 2.11. The summed E-state index contributed by atoms with van der Waals surface area (Å²) < 4.78 is 5.28. The van der Waals surface area contributed by atoms with Crippen molar-refractivity contribution in [1.82, 2.24) is 15.3 Å². The summed E-state index contributed by atoms with van der Waals surface area (Å²) in [6, 6.07) is -0.909. The lowest BCUT2D eigenvalue weighted by Gasteiger charge is -2.27. The number of carboxylic acids is 1. The van der Waals surface area contributed by atoms with Crippen molar-refractivity contribution in [3.63, 3.8) is 0 Å². The number of rotatable bonds is 7. The number of aromatic nitrogens is 2. The molecule has 1 saturated heterocycles. The number of amides is 1. The molecule has 1 aromatic heterocycles. The first-order chi connectivity index (χ1) is 11.9. The zero-order valence-corrected chi connectivity index (χ0v) is 14.5. The molecular formula is C16H24N4O5. The Morgan fingerprint density at radius 2 is 2.08 bits per heavy atom. The summed E-state index contributed by atoms with van der Waals surface area (Å²) in [6.45, 7) is 5.93. The highest BCUT2D eigenvalue weighted by Gasteiger charge is 2.19. The van der Waals surface area contributed by atoms with E-state index in [9.17, 15) is 14.4 Å². The summed E-state index contributed by atoms with van der Waals surface area (Å²) in [6.07, 6.45) is 0.544. The van der Waals surface area contributed by atoms with E-state index in [4.69, 9.17) is 9.84 Å². The quantitative estimate of drug-likeness (QED) is 0.622. The minimum Gasteiger partial charge on any atom is -0.480 e. The number of anilines is 1. The molecule has 9 heteroatoms. The van der Waals surface area contributed by atoms with Crippen molar-refractivity contribution in [2.75, 3.05) is 31.2 Å². The molecule has 25 heavy (non-hydrogen) atoms. The van der Waals surface area contributed by atoms with Gasteiger partial charge in [0.15, 0.2) is 0 Å². The predicted octanol–water partition coefficient (Wildman–Crippen LogP) is -0.173. The Hall–Kier alpha value is -2.42. The zero-order chi connectivity index (χ0) is 18.4. The molecule has 1 amide bonds. The van der Waals surface area contributed by atoms with E-state index in [0.29, 0.717) is 49.9 Å². The van der Waals surface area contributed by atoms with Crippen LogP contribution in [-0.2, 0) is 20.7 Å². The van der Waals surface area contributed by atoms with Gasteiger partial charge in [-0.3, -0.25) is 14.6 Å². The Morgan fingerprint density at radius 3 is 2.64 bits per heavy atom. The molecule has 1 aliphatic heterocycles. The number of aromatic amines is 1. The molecule has 1 fully saturated rings. The van der Waals surface area contributed by atoms with Crippen LogP contribution in [0.5, 0.6) is 0 Å². The molecule has 1 aliphatic rings. The molecule has 1 atom stereocenters. The van der Waals surface area contributed by atoms with Gasteiger partial charge in [-0.15, -0.1) is 0 Å². The SMILES string of the molecule is CCC(NC(=O)CCc1c(C)nc(N2CCOCC2)[nH]c1=O)C(=O)O. The van der Waals surface area contributed by atoms with Gasteiger partial charge in [0.05, 0.1) is 13.2 Å². The first-order valence-corrected chi connectivity index (χ1v) is 8.37. The lowest BCUT2D eigenvalue weighted by molar-refractivity contribution is -0.141. The van der Waals surface area contributed by atoms with Gasteiger partial charge in [0.2, 0.25) is 11.9 Å². The maximum absolute atomic E-state index is 12.3. The molecule has 0 saturated carbocycles. The number of morpholine rings is 1. The Kier molecular flexibility index (Phi) is 6.51. The van der Waals surface area contributed by atoms with E-state index < -0.39 is 17.9 Å². The van der Waals surface area contributed by atoms with Crippen molar-refractivity contribution >= 4 is 17.8 Å². The summed E-state index contributed by atoms with van der Waals surface area (Å²) in [5.74, 6) is -0.956. The smallest absolute Gasteiger partial charge is 0.326 e. The van der Waals surface area contributed by atoms with Crippen molar-refractivity contribution in [2.45, 2.75) is 39.2 Å². The first kappa shape index (κ1) is 18.9. The van der Waals surface area contributed by atoms with Gasteiger partial charge in [-0.05, 0) is 19.8 Å². The second kappa shape index (κ2) is 8.61. The van der Waals surface area contributed by atoms with E-state index >= 15 is 0 Å². The average molecular weight is 352 g/mol. The van der Waals surface area contributed by atoms with E-state index in [1.54, 1.807) is 13.8 Å². The molecule has 2 rings (SSSR count). The number of carbonyl (C=O) groups is 2. The number of carboxylic acid groups (broad SMARTS) is 1. The molecule has 2 heterocycles. The van der Waals surface area contributed by atoms with Crippen LogP contribution < -0.4 is 15.8 Å². The van der Waals surface area contributed by atoms with Crippen molar-refractivity contribution < 1.29 is 19.4 Å². The predicted molar refractivity (Wildman–Crippen MR) is 90.8 cm³/mol. The van der Waals surface area contributed by atoms with Crippen LogP contribution in [0.3, 0.4) is 0 Å². The summed E-state index contributed by atoms with van der Waals surface area (Å²) in [7, 11) is 0. The lowest BCUT2D eigenvalue weighted by atomic mass is 10.1. The number of hydrogen-bond acceptors (Lipinski definition) is 6. The fourth-order valence-electron chi connectivity index (χ4n) is 2.66. The molecule has 0 radical (unpaired) electrons. The van der Waals surface area contributed by atoms with E-state index in [0.717, 1.165) is 0 Å². The normalized spacial score (nSPS) is 15.7. The summed E-state index contributed by atoms with van der Waals surface area (Å²) in [4.78, 5) is 44.3. The minimum atomic E-state index is -1.07. The minimum absolute atomic E-state index is 0.0340. The summed E-state index contributed by atoms with van der Waals surface area (Å²) >= 11 is 0. The van der Waals surface area contributed by atoms with Crippen LogP contribution in [0.15, 0.2) is 4.79 Å².